The summed E-state index contributed by atoms with van der Waals surface area (Å²) in [6, 6.07) is 4.01. The molecule has 0 unspecified atom stereocenters. The van der Waals surface area contributed by atoms with Gasteiger partial charge in [0.2, 0.25) is 14.2 Å². The number of ether oxygens (including phenoxy) is 1. The molecule has 160 valence electrons. The number of hydrogen-bond donors (Lipinski definition) is 1. The monoisotopic (exact) mass is 480 g/mol. The molecule has 0 saturated carbocycles. The first kappa shape index (κ1) is 22.3. The Morgan fingerprint density at radius 1 is 1.17 bits per heavy atom. The number of alkyl halides is 2. The number of benzene rings is 2. The number of hydrogen-bond acceptors (Lipinski definition) is 6. The highest BCUT2D eigenvalue weighted by Gasteiger charge is 2.26. The number of aromatic nitrogens is 1. The van der Waals surface area contributed by atoms with E-state index in [-0.39, 0.29) is 26.4 Å². The van der Waals surface area contributed by atoms with Crippen LogP contribution in [0.25, 0.3) is 0 Å². The van der Waals surface area contributed by atoms with E-state index < -0.39 is 39.0 Å². The van der Waals surface area contributed by atoms with Crippen LogP contribution in [0.2, 0.25) is 5.02 Å². The molecule has 30 heavy (non-hydrogen) atoms. The Bertz CT molecular complexity index is 1160. The minimum Gasteiger partial charge on any atom is -0.435 e. The predicted octanol–water partition coefficient (Wildman–Crippen LogP) is 5.68. The van der Waals surface area contributed by atoms with Crippen LogP contribution in [-0.2, 0) is 9.84 Å². The number of thiazole rings is 1. The van der Waals surface area contributed by atoms with Gasteiger partial charge in [-0.15, -0.1) is 11.3 Å². The Hall–Kier alpha value is -2.37. The first-order valence-electron chi connectivity index (χ1n) is 8.24. The lowest BCUT2D eigenvalue weighted by Gasteiger charge is -2.19. The van der Waals surface area contributed by atoms with Crippen molar-refractivity contribution < 1.29 is 30.7 Å². The van der Waals surface area contributed by atoms with Crippen molar-refractivity contribution in [1.29, 1.82) is 0 Å². The zero-order valence-electron chi connectivity index (χ0n) is 15.1. The summed E-state index contributed by atoms with van der Waals surface area (Å²) < 4.78 is 82.5. The second kappa shape index (κ2) is 8.78. The Morgan fingerprint density at radius 2 is 1.90 bits per heavy atom. The largest absolute Gasteiger partial charge is 0.435 e. The zero-order valence-corrected chi connectivity index (χ0v) is 17.5. The van der Waals surface area contributed by atoms with Crippen molar-refractivity contribution in [3.63, 3.8) is 0 Å². The lowest BCUT2D eigenvalue weighted by atomic mass is 10.1. The van der Waals surface area contributed by atoms with Gasteiger partial charge < -0.3 is 10.1 Å². The third kappa shape index (κ3) is 4.68. The molecule has 0 aliphatic heterocycles. The van der Waals surface area contributed by atoms with Crippen molar-refractivity contribution >= 4 is 38.5 Å². The van der Waals surface area contributed by atoms with Gasteiger partial charge in [-0.1, -0.05) is 11.6 Å². The third-order valence-electron chi connectivity index (χ3n) is 3.98. The van der Waals surface area contributed by atoms with Gasteiger partial charge in [-0.3, -0.25) is 0 Å². The molecule has 0 aliphatic rings. The maximum atomic E-state index is 14.6. The lowest BCUT2D eigenvalue weighted by molar-refractivity contribution is -0.0499. The molecular weight excluding hydrogens is 468 g/mol. The Kier molecular flexibility index (Phi) is 6.53. The van der Waals surface area contributed by atoms with E-state index in [0.717, 1.165) is 41.7 Å². The van der Waals surface area contributed by atoms with Crippen molar-refractivity contribution in [3.8, 4) is 5.75 Å². The van der Waals surface area contributed by atoms with Crippen LogP contribution in [0.15, 0.2) is 51.1 Å². The highest BCUT2D eigenvalue weighted by atomic mass is 35.5. The molecule has 0 bridgehead atoms. The van der Waals surface area contributed by atoms with Crippen LogP contribution in [0.4, 0.5) is 23.2 Å². The molecule has 0 saturated heterocycles. The minimum atomic E-state index is -4.20. The second-order valence-electron chi connectivity index (χ2n) is 5.99. The molecule has 1 heterocycles. The van der Waals surface area contributed by atoms with E-state index >= 15 is 0 Å². The van der Waals surface area contributed by atoms with Gasteiger partial charge >= 0.3 is 6.61 Å². The van der Waals surface area contributed by atoms with E-state index in [1.165, 1.54) is 18.5 Å². The molecule has 0 fully saturated rings. The van der Waals surface area contributed by atoms with Crippen molar-refractivity contribution in [2.45, 2.75) is 28.8 Å². The van der Waals surface area contributed by atoms with Gasteiger partial charge in [0.15, 0.2) is 0 Å². The Balaban J connectivity index is 1.90. The number of rotatable bonds is 7. The molecule has 0 amide bonds. The predicted molar refractivity (Wildman–Crippen MR) is 104 cm³/mol. The molecule has 5 nitrogen and oxygen atoms in total. The SMILES string of the molecule is C[C@H](Nc1cc(F)c(S(=O)(=O)c2nccs2)cc1Cl)c1cc(OC(F)F)ccc1F. The summed E-state index contributed by atoms with van der Waals surface area (Å²) in [5.41, 5.74) is -0.0524. The third-order valence-corrected chi connectivity index (χ3v) is 7.26. The summed E-state index contributed by atoms with van der Waals surface area (Å²) in [7, 11) is -4.20. The van der Waals surface area contributed by atoms with Gasteiger partial charge in [0, 0.05) is 17.1 Å². The molecule has 0 radical (unpaired) electrons. The van der Waals surface area contributed by atoms with E-state index in [1.54, 1.807) is 0 Å². The fourth-order valence-corrected chi connectivity index (χ4v) is 5.19. The second-order valence-corrected chi connectivity index (χ2v) is 9.39. The van der Waals surface area contributed by atoms with Crippen LogP contribution in [0.1, 0.15) is 18.5 Å². The fraction of sp³-hybridized carbons (Fsp3) is 0.167. The quantitative estimate of drug-likeness (QED) is 0.440. The van der Waals surface area contributed by atoms with Crippen molar-refractivity contribution in [2.75, 3.05) is 5.32 Å². The molecule has 1 N–H and O–H groups in total. The van der Waals surface area contributed by atoms with Gasteiger partial charge in [-0.2, -0.15) is 8.78 Å². The van der Waals surface area contributed by atoms with E-state index in [9.17, 15) is 26.0 Å². The number of nitrogens with one attached hydrogen (secondary N) is 1. The van der Waals surface area contributed by atoms with Crippen LogP contribution < -0.4 is 10.1 Å². The van der Waals surface area contributed by atoms with Crippen molar-refractivity contribution in [1.82, 2.24) is 4.98 Å². The maximum absolute atomic E-state index is 14.6. The average molecular weight is 481 g/mol. The standard InChI is InChI=1S/C18H13ClF4N2O3S2/c1-9(11-6-10(28-17(22)23)2-3-13(11)20)25-15-8-14(21)16(7-12(15)19)30(26,27)18-24-4-5-29-18/h2-9,17,25H,1H3/t9-/m0/s1. The molecule has 3 aromatic rings. The highest BCUT2D eigenvalue weighted by molar-refractivity contribution is 7.93. The maximum Gasteiger partial charge on any atom is 0.387 e. The molecule has 3 rings (SSSR count). The summed E-state index contributed by atoms with van der Waals surface area (Å²) in [6.07, 6.45) is 1.27. The molecule has 1 aromatic heterocycles. The van der Waals surface area contributed by atoms with Crippen LogP contribution in [0.3, 0.4) is 0 Å². The van der Waals surface area contributed by atoms with Crippen molar-refractivity contribution in [2.24, 2.45) is 0 Å². The molecular formula is C18H13ClF4N2O3S2. The summed E-state index contributed by atoms with van der Waals surface area (Å²) in [4.78, 5) is 3.03. The zero-order chi connectivity index (χ0) is 22.1. The van der Waals surface area contributed by atoms with E-state index in [0.29, 0.717) is 0 Å². The van der Waals surface area contributed by atoms with Gasteiger partial charge in [-0.25, -0.2) is 22.2 Å². The smallest absolute Gasteiger partial charge is 0.387 e. The summed E-state index contributed by atoms with van der Waals surface area (Å²) in [5.74, 6) is -2.05. The topological polar surface area (TPSA) is 68.3 Å². The number of sulfone groups is 1. The Labute approximate surface area is 178 Å². The van der Waals surface area contributed by atoms with E-state index in [4.69, 9.17) is 11.6 Å². The van der Waals surface area contributed by atoms with Crippen molar-refractivity contribution in [3.05, 3.63) is 64.1 Å². The van der Waals surface area contributed by atoms with Gasteiger partial charge in [0.1, 0.15) is 22.3 Å². The molecule has 2 aromatic carbocycles. The Morgan fingerprint density at radius 3 is 2.53 bits per heavy atom. The molecule has 0 aliphatic carbocycles. The number of nitrogens with zero attached hydrogens (tertiary/aromatic N) is 1. The number of halogens is 5. The van der Waals surface area contributed by atoms with Gasteiger partial charge in [0.05, 0.1) is 16.8 Å². The van der Waals surface area contributed by atoms with E-state index in [1.807, 2.05) is 0 Å². The van der Waals surface area contributed by atoms with Gasteiger partial charge in [-0.05, 0) is 37.3 Å². The molecule has 0 spiro atoms. The van der Waals surface area contributed by atoms with Crippen LogP contribution in [0, 0.1) is 11.6 Å². The summed E-state index contributed by atoms with van der Waals surface area (Å²) in [5, 5.41) is 4.03. The average Bonchev–Trinajstić information content (AvgIpc) is 3.21. The van der Waals surface area contributed by atoms with Crippen LogP contribution in [0.5, 0.6) is 5.75 Å². The van der Waals surface area contributed by atoms with Gasteiger partial charge in [0.25, 0.3) is 0 Å². The van der Waals surface area contributed by atoms with E-state index in [2.05, 4.69) is 15.0 Å². The molecule has 12 heteroatoms. The normalized spacial score (nSPS) is 12.8. The highest BCUT2D eigenvalue weighted by Crippen LogP contribution is 2.34. The molecule has 1 atom stereocenters. The summed E-state index contributed by atoms with van der Waals surface area (Å²) in [6.45, 7) is -1.60. The van der Waals surface area contributed by atoms with Crippen LogP contribution >= 0.6 is 22.9 Å². The summed E-state index contributed by atoms with van der Waals surface area (Å²) >= 11 is 6.94. The number of anilines is 1. The van der Waals surface area contributed by atoms with Crippen LogP contribution in [-0.4, -0.2) is 20.0 Å². The minimum absolute atomic E-state index is 0.0145. The fourth-order valence-electron chi connectivity index (χ4n) is 2.62. The first-order chi connectivity index (χ1) is 14.1. The lowest BCUT2D eigenvalue weighted by Crippen LogP contribution is -2.11. The first-order valence-corrected chi connectivity index (χ1v) is 11.0.